The number of hydrogen-bond donors (Lipinski definition) is 0. The highest BCUT2D eigenvalue weighted by Gasteiger charge is 2.27. The van der Waals surface area contributed by atoms with Gasteiger partial charge in [0, 0.05) is 48.0 Å². The molecule has 1 fully saturated rings. The van der Waals surface area contributed by atoms with Crippen LogP contribution in [0.1, 0.15) is 30.4 Å². The molecule has 4 rings (SSSR count). The molecular formula is C24H25ClF3N5O2. The van der Waals surface area contributed by atoms with E-state index in [0.717, 1.165) is 31.3 Å². The summed E-state index contributed by atoms with van der Waals surface area (Å²) in [5, 5.41) is 7.32. The minimum absolute atomic E-state index is 0.0511. The molecule has 0 radical (unpaired) electrons. The molecule has 3 aromatic rings. The molecule has 1 aromatic heterocycles. The molecule has 11 heteroatoms. The number of carbonyl (C=O) groups is 1. The normalized spacial score (nSPS) is 14.5. The van der Waals surface area contributed by atoms with Crippen LogP contribution in [-0.2, 0) is 6.54 Å². The number of amides is 2. The van der Waals surface area contributed by atoms with E-state index in [9.17, 15) is 13.6 Å². The third-order valence-corrected chi connectivity index (χ3v) is 6.45. The van der Waals surface area contributed by atoms with E-state index in [1.54, 1.807) is 17.0 Å². The number of rotatable bonds is 6. The van der Waals surface area contributed by atoms with Gasteiger partial charge in [-0.25, -0.2) is 9.18 Å². The van der Waals surface area contributed by atoms with Crippen molar-refractivity contribution in [2.24, 2.45) is 0 Å². The van der Waals surface area contributed by atoms with Gasteiger partial charge in [-0.1, -0.05) is 30.7 Å². The summed E-state index contributed by atoms with van der Waals surface area (Å²) < 4.78 is 45.5. The summed E-state index contributed by atoms with van der Waals surface area (Å²) in [7, 11) is 0. The Kier molecular flexibility index (Phi) is 7.61. The van der Waals surface area contributed by atoms with Crippen molar-refractivity contribution in [3.63, 3.8) is 0 Å². The number of aromatic nitrogens is 2. The lowest BCUT2D eigenvalue weighted by Gasteiger charge is -2.37. The number of likely N-dealkylation sites (N-methyl/N-ethyl adjacent to an activating group) is 1. The highest BCUT2D eigenvalue weighted by atomic mass is 35.5. The largest absolute Gasteiger partial charge is 0.415 e. The zero-order valence-electron chi connectivity index (χ0n) is 19.3. The van der Waals surface area contributed by atoms with Gasteiger partial charge in [-0.05, 0) is 43.3 Å². The maximum absolute atomic E-state index is 15.1. The van der Waals surface area contributed by atoms with Crippen molar-refractivity contribution in [1.82, 2.24) is 20.0 Å². The number of carbonyl (C=O) groups excluding carboxylic acids is 1. The van der Waals surface area contributed by atoms with Gasteiger partial charge >= 0.3 is 12.5 Å². The van der Waals surface area contributed by atoms with Crippen molar-refractivity contribution >= 4 is 23.3 Å². The molecule has 1 aliphatic rings. The first-order valence-corrected chi connectivity index (χ1v) is 11.6. The van der Waals surface area contributed by atoms with Crippen LogP contribution in [0, 0.1) is 12.7 Å². The number of hydrogen-bond acceptors (Lipinski definition) is 5. The van der Waals surface area contributed by atoms with Crippen molar-refractivity contribution < 1.29 is 22.4 Å². The van der Waals surface area contributed by atoms with Crippen LogP contribution in [-0.4, -0.2) is 58.8 Å². The minimum atomic E-state index is -2.92. The van der Waals surface area contributed by atoms with Crippen LogP contribution < -0.4 is 4.90 Å². The first-order valence-electron chi connectivity index (χ1n) is 11.2. The summed E-state index contributed by atoms with van der Waals surface area (Å²) in [6, 6.07) is 9.12. The van der Waals surface area contributed by atoms with Crippen molar-refractivity contribution in [3.8, 4) is 11.5 Å². The molecule has 0 aliphatic carbocycles. The van der Waals surface area contributed by atoms with E-state index in [4.69, 9.17) is 16.0 Å². The van der Waals surface area contributed by atoms with Crippen LogP contribution >= 0.6 is 11.6 Å². The lowest BCUT2D eigenvalue weighted by molar-refractivity contribution is 0.116. The zero-order valence-corrected chi connectivity index (χ0v) is 20.1. The first-order chi connectivity index (χ1) is 16.8. The molecule has 0 saturated carbocycles. The van der Waals surface area contributed by atoms with Crippen LogP contribution in [0.15, 0.2) is 40.8 Å². The minimum Gasteiger partial charge on any atom is -0.415 e. The van der Waals surface area contributed by atoms with Crippen LogP contribution in [0.4, 0.5) is 23.7 Å². The average molecular weight is 508 g/mol. The monoisotopic (exact) mass is 507 g/mol. The van der Waals surface area contributed by atoms with Gasteiger partial charge in [0.1, 0.15) is 5.82 Å². The van der Waals surface area contributed by atoms with E-state index in [1.807, 2.05) is 13.0 Å². The molecule has 1 aliphatic heterocycles. The van der Waals surface area contributed by atoms with Gasteiger partial charge in [0.25, 0.3) is 5.89 Å². The summed E-state index contributed by atoms with van der Waals surface area (Å²) >= 11 is 6.32. The second-order valence-electron chi connectivity index (χ2n) is 8.28. The molecule has 0 spiro atoms. The van der Waals surface area contributed by atoms with Gasteiger partial charge in [-0.2, -0.15) is 8.78 Å². The third kappa shape index (κ3) is 5.59. The molecule has 2 amide bonds. The molecule has 35 heavy (non-hydrogen) atoms. The lowest BCUT2D eigenvalue weighted by atomic mass is 10.1. The summed E-state index contributed by atoms with van der Waals surface area (Å²) in [6.45, 7) is 7.45. The Morgan fingerprint density at radius 1 is 1.14 bits per heavy atom. The number of benzene rings is 2. The van der Waals surface area contributed by atoms with Crippen LogP contribution in [0.2, 0.25) is 5.02 Å². The number of aryl methyl sites for hydroxylation is 1. The van der Waals surface area contributed by atoms with Gasteiger partial charge in [0.05, 0.1) is 6.54 Å². The summed E-state index contributed by atoms with van der Waals surface area (Å²) in [5.41, 5.74) is 1.81. The van der Waals surface area contributed by atoms with Gasteiger partial charge in [0.15, 0.2) is 0 Å². The standard InChI is InChI=1S/C24H25ClF3N5O2/c1-3-31-8-10-32(11-9-31)24(34)33(18-7-4-15(2)19(25)13-18)14-17-6-5-16(12-20(17)26)22-29-30-23(35-22)21(27)28/h4-7,12-13,21H,3,8-11,14H2,1-2H3. The van der Waals surface area contributed by atoms with Gasteiger partial charge < -0.3 is 14.2 Å². The van der Waals surface area contributed by atoms with Gasteiger partial charge in [-0.15, -0.1) is 10.2 Å². The Hall–Kier alpha value is -3.11. The molecule has 0 atom stereocenters. The number of piperazine rings is 1. The zero-order chi connectivity index (χ0) is 25.1. The Labute approximate surface area is 206 Å². The number of nitrogens with zero attached hydrogens (tertiary/aromatic N) is 5. The molecule has 2 heterocycles. The fourth-order valence-electron chi connectivity index (χ4n) is 3.86. The molecule has 0 unspecified atom stereocenters. The third-order valence-electron chi connectivity index (χ3n) is 6.04. The molecule has 1 saturated heterocycles. The molecule has 7 nitrogen and oxygen atoms in total. The maximum Gasteiger partial charge on any atom is 0.324 e. The average Bonchev–Trinajstić information content (AvgIpc) is 3.36. The topological polar surface area (TPSA) is 65.7 Å². The van der Waals surface area contributed by atoms with E-state index >= 15 is 4.39 Å². The second kappa shape index (κ2) is 10.7. The second-order valence-corrected chi connectivity index (χ2v) is 8.68. The van der Waals surface area contributed by atoms with E-state index in [2.05, 4.69) is 22.0 Å². The van der Waals surface area contributed by atoms with Gasteiger partial charge in [0.2, 0.25) is 5.89 Å². The highest BCUT2D eigenvalue weighted by molar-refractivity contribution is 6.31. The van der Waals surface area contributed by atoms with Gasteiger partial charge in [-0.3, -0.25) is 4.90 Å². The van der Waals surface area contributed by atoms with E-state index < -0.39 is 18.1 Å². The smallest absolute Gasteiger partial charge is 0.324 e. The Morgan fingerprint density at radius 3 is 2.49 bits per heavy atom. The number of urea groups is 1. The summed E-state index contributed by atoms with van der Waals surface area (Å²) in [5.74, 6) is -1.68. The Balaban J connectivity index is 1.61. The molecule has 186 valence electrons. The molecule has 0 N–H and O–H groups in total. The van der Waals surface area contributed by atoms with E-state index in [0.29, 0.717) is 23.8 Å². The number of anilines is 1. The number of halogens is 4. The highest BCUT2D eigenvalue weighted by Crippen LogP contribution is 2.29. The SMILES string of the molecule is CCN1CCN(C(=O)N(Cc2ccc(-c3nnc(C(F)F)o3)cc2F)c2ccc(C)c(Cl)c2)CC1. The predicted octanol–water partition coefficient (Wildman–Crippen LogP) is 5.54. The van der Waals surface area contributed by atoms with Crippen LogP contribution in [0.3, 0.4) is 0 Å². The molecular weight excluding hydrogens is 483 g/mol. The molecule has 0 bridgehead atoms. The van der Waals surface area contributed by atoms with Crippen molar-refractivity contribution in [2.75, 3.05) is 37.6 Å². The van der Waals surface area contributed by atoms with E-state index in [-0.39, 0.29) is 29.6 Å². The Morgan fingerprint density at radius 2 is 1.89 bits per heavy atom. The van der Waals surface area contributed by atoms with Crippen molar-refractivity contribution in [1.29, 1.82) is 0 Å². The Bertz CT molecular complexity index is 1200. The number of alkyl halides is 2. The fraction of sp³-hybridized carbons (Fsp3) is 0.375. The lowest BCUT2D eigenvalue weighted by Crippen LogP contribution is -2.52. The van der Waals surface area contributed by atoms with E-state index in [1.165, 1.54) is 17.0 Å². The quantitative estimate of drug-likeness (QED) is 0.438. The maximum atomic E-state index is 15.1. The predicted molar refractivity (Wildman–Crippen MR) is 126 cm³/mol. The summed E-state index contributed by atoms with van der Waals surface area (Å²) in [6.07, 6.45) is -2.92. The summed E-state index contributed by atoms with van der Waals surface area (Å²) in [4.78, 5) is 19.0. The van der Waals surface area contributed by atoms with Crippen molar-refractivity contribution in [3.05, 3.63) is 64.3 Å². The van der Waals surface area contributed by atoms with Crippen LogP contribution in [0.5, 0.6) is 0 Å². The van der Waals surface area contributed by atoms with Crippen molar-refractivity contribution in [2.45, 2.75) is 26.8 Å². The first kappa shape index (κ1) is 25.0. The fourth-order valence-corrected chi connectivity index (χ4v) is 4.04. The molecule has 2 aromatic carbocycles. The van der Waals surface area contributed by atoms with Crippen LogP contribution in [0.25, 0.3) is 11.5 Å².